The van der Waals surface area contributed by atoms with Gasteiger partial charge in [-0.25, -0.2) is 4.39 Å². The molecule has 0 saturated heterocycles. The molecule has 1 heterocycles. The van der Waals surface area contributed by atoms with Crippen molar-refractivity contribution in [2.24, 2.45) is 0 Å². The first-order valence-corrected chi connectivity index (χ1v) is 7.99. The molecule has 0 aromatic heterocycles. The van der Waals surface area contributed by atoms with Gasteiger partial charge in [-0.05, 0) is 49.1 Å². The van der Waals surface area contributed by atoms with Crippen LogP contribution < -0.4 is 10.2 Å². The third kappa shape index (κ3) is 3.70. The molecule has 0 unspecified atom stereocenters. The topological polar surface area (TPSA) is 32.3 Å². The maximum atomic E-state index is 12.8. The molecule has 2 aromatic rings. The molecule has 3 nitrogen and oxygen atoms in total. The first kappa shape index (κ1) is 15.5. The average Bonchev–Trinajstić information content (AvgIpc) is 2.85. The molecular weight excluding hydrogens is 291 g/mol. The van der Waals surface area contributed by atoms with E-state index >= 15 is 0 Å². The number of benzene rings is 2. The van der Waals surface area contributed by atoms with Crippen molar-refractivity contribution >= 4 is 11.6 Å². The van der Waals surface area contributed by atoms with Gasteiger partial charge in [-0.2, -0.15) is 0 Å². The Labute approximate surface area is 136 Å². The number of hydrogen-bond acceptors (Lipinski definition) is 2. The van der Waals surface area contributed by atoms with Crippen molar-refractivity contribution in [3.05, 3.63) is 65.5 Å². The van der Waals surface area contributed by atoms with Crippen LogP contribution in [0.25, 0.3) is 0 Å². The van der Waals surface area contributed by atoms with Crippen molar-refractivity contribution in [2.45, 2.75) is 25.8 Å². The van der Waals surface area contributed by atoms with Crippen LogP contribution in [0.4, 0.5) is 10.1 Å². The van der Waals surface area contributed by atoms with Crippen molar-refractivity contribution in [1.29, 1.82) is 0 Å². The first-order valence-electron chi connectivity index (χ1n) is 7.99. The summed E-state index contributed by atoms with van der Waals surface area (Å²) in [6, 6.07) is 15.0. The van der Waals surface area contributed by atoms with Crippen LogP contribution in [-0.2, 0) is 17.6 Å². The summed E-state index contributed by atoms with van der Waals surface area (Å²) in [5.41, 5.74) is 3.49. The Balaban J connectivity index is 1.51. The molecule has 3 rings (SSSR count). The van der Waals surface area contributed by atoms with E-state index < -0.39 is 0 Å². The smallest absolute Gasteiger partial charge is 0.239 e. The maximum Gasteiger partial charge on any atom is 0.239 e. The van der Waals surface area contributed by atoms with Crippen LogP contribution in [0.1, 0.15) is 18.1 Å². The van der Waals surface area contributed by atoms with E-state index in [-0.39, 0.29) is 11.7 Å². The van der Waals surface area contributed by atoms with Gasteiger partial charge < -0.3 is 10.2 Å². The van der Waals surface area contributed by atoms with Crippen molar-refractivity contribution in [3.8, 4) is 0 Å². The molecule has 2 aromatic carbocycles. The number of amides is 1. The highest BCUT2D eigenvalue weighted by atomic mass is 19.1. The van der Waals surface area contributed by atoms with Gasteiger partial charge in [0, 0.05) is 18.3 Å². The van der Waals surface area contributed by atoms with Gasteiger partial charge in [-0.1, -0.05) is 30.3 Å². The Kier molecular flexibility index (Phi) is 4.60. The fraction of sp³-hybridized carbons (Fsp3) is 0.316. The molecule has 0 saturated carbocycles. The number of rotatable bonds is 5. The summed E-state index contributed by atoms with van der Waals surface area (Å²) in [6.45, 7) is 3.09. The van der Waals surface area contributed by atoms with Crippen molar-refractivity contribution < 1.29 is 9.18 Å². The molecule has 120 valence electrons. The molecule has 1 N–H and O–H groups in total. The van der Waals surface area contributed by atoms with Crippen LogP contribution in [0.5, 0.6) is 0 Å². The Hall–Kier alpha value is -2.36. The fourth-order valence-corrected chi connectivity index (χ4v) is 3.08. The highest BCUT2D eigenvalue weighted by Gasteiger charge is 2.26. The number of para-hydroxylation sites is 1. The van der Waals surface area contributed by atoms with E-state index in [1.807, 2.05) is 12.1 Å². The normalized spacial score (nSPS) is 16.3. The van der Waals surface area contributed by atoms with Crippen molar-refractivity contribution in [3.63, 3.8) is 0 Å². The van der Waals surface area contributed by atoms with E-state index in [0.29, 0.717) is 25.6 Å². The largest absolute Gasteiger partial charge is 0.359 e. The number of carbonyl (C=O) groups is 1. The van der Waals surface area contributed by atoms with E-state index in [9.17, 15) is 9.18 Å². The summed E-state index contributed by atoms with van der Waals surface area (Å²) in [5.74, 6) is -0.213. The maximum absolute atomic E-state index is 12.8. The van der Waals surface area contributed by atoms with E-state index in [1.54, 1.807) is 12.1 Å². The van der Waals surface area contributed by atoms with E-state index in [4.69, 9.17) is 0 Å². The Morgan fingerprint density at radius 3 is 2.74 bits per heavy atom. The van der Waals surface area contributed by atoms with Gasteiger partial charge in [0.2, 0.25) is 5.91 Å². The van der Waals surface area contributed by atoms with Crippen LogP contribution in [0.3, 0.4) is 0 Å². The highest BCUT2D eigenvalue weighted by Crippen LogP contribution is 2.31. The molecule has 23 heavy (non-hydrogen) atoms. The molecule has 0 aliphatic carbocycles. The van der Waals surface area contributed by atoms with Crippen LogP contribution in [0.2, 0.25) is 0 Å². The lowest BCUT2D eigenvalue weighted by molar-refractivity contribution is -0.119. The molecule has 0 radical (unpaired) electrons. The standard InChI is InChI=1S/C19H21FN2O/c1-14-12-16-4-2-3-5-18(16)22(14)13-19(23)21-11-10-15-6-8-17(20)9-7-15/h2-9,14H,10-13H2,1H3,(H,21,23)/t14-/m1/s1. The summed E-state index contributed by atoms with van der Waals surface area (Å²) >= 11 is 0. The summed E-state index contributed by atoms with van der Waals surface area (Å²) in [7, 11) is 0. The van der Waals surface area contributed by atoms with Gasteiger partial charge in [0.15, 0.2) is 0 Å². The molecule has 4 heteroatoms. The number of anilines is 1. The Morgan fingerprint density at radius 2 is 1.96 bits per heavy atom. The lowest BCUT2D eigenvalue weighted by atomic mass is 10.1. The second-order valence-corrected chi connectivity index (χ2v) is 6.04. The minimum Gasteiger partial charge on any atom is -0.359 e. The molecule has 0 fully saturated rings. The van der Waals surface area contributed by atoms with Gasteiger partial charge >= 0.3 is 0 Å². The van der Waals surface area contributed by atoms with Gasteiger partial charge in [-0.3, -0.25) is 4.79 Å². The molecule has 1 aliphatic heterocycles. The SMILES string of the molecule is C[C@@H]1Cc2ccccc2N1CC(=O)NCCc1ccc(F)cc1. The molecule has 1 aliphatic rings. The zero-order valence-corrected chi connectivity index (χ0v) is 13.3. The average molecular weight is 312 g/mol. The van der Waals surface area contributed by atoms with Crippen molar-refractivity contribution in [2.75, 3.05) is 18.0 Å². The van der Waals surface area contributed by atoms with E-state index in [0.717, 1.165) is 17.7 Å². The number of nitrogens with one attached hydrogen (secondary N) is 1. The predicted octanol–water partition coefficient (Wildman–Crippen LogP) is 2.94. The summed E-state index contributed by atoms with van der Waals surface area (Å²) in [4.78, 5) is 14.3. The van der Waals surface area contributed by atoms with Crippen LogP contribution in [0.15, 0.2) is 48.5 Å². The first-order chi connectivity index (χ1) is 11.1. The van der Waals surface area contributed by atoms with Gasteiger partial charge in [0.05, 0.1) is 6.54 Å². The second kappa shape index (κ2) is 6.82. The quantitative estimate of drug-likeness (QED) is 0.920. The Morgan fingerprint density at radius 1 is 1.22 bits per heavy atom. The lowest BCUT2D eigenvalue weighted by Gasteiger charge is -2.24. The van der Waals surface area contributed by atoms with Crippen LogP contribution >= 0.6 is 0 Å². The van der Waals surface area contributed by atoms with E-state index in [2.05, 4.69) is 29.3 Å². The van der Waals surface area contributed by atoms with Crippen molar-refractivity contribution in [1.82, 2.24) is 5.32 Å². The van der Waals surface area contributed by atoms with Gasteiger partial charge in [0.25, 0.3) is 0 Å². The van der Waals surface area contributed by atoms with Crippen LogP contribution in [-0.4, -0.2) is 25.0 Å². The number of fused-ring (bicyclic) bond motifs is 1. The third-order valence-corrected chi connectivity index (χ3v) is 4.31. The van der Waals surface area contributed by atoms with Gasteiger partial charge in [-0.15, -0.1) is 0 Å². The highest BCUT2D eigenvalue weighted by molar-refractivity contribution is 5.82. The van der Waals surface area contributed by atoms with Crippen LogP contribution in [0, 0.1) is 5.82 Å². The number of hydrogen-bond donors (Lipinski definition) is 1. The molecule has 0 bridgehead atoms. The summed E-state index contributed by atoms with van der Waals surface area (Å²) < 4.78 is 12.8. The zero-order chi connectivity index (χ0) is 16.2. The predicted molar refractivity (Wildman–Crippen MR) is 90.1 cm³/mol. The number of halogens is 1. The zero-order valence-electron chi connectivity index (χ0n) is 13.3. The minimum absolute atomic E-state index is 0.0238. The second-order valence-electron chi connectivity index (χ2n) is 6.04. The molecular formula is C19H21FN2O. The minimum atomic E-state index is -0.237. The monoisotopic (exact) mass is 312 g/mol. The molecule has 1 amide bonds. The Bertz CT molecular complexity index is 684. The molecule has 0 spiro atoms. The third-order valence-electron chi connectivity index (χ3n) is 4.31. The number of nitrogens with zero attached hydrogens (tertiary/aromatic N) is 1. The van der Waals surface area contributed by atoms with E-state index in [1.165, 1.54) is 17.7 Å². The number of carbonyl (C=O) groups excluding carboxylic acids is 1. The van der Waals surface area contributed by atoms with Gasteiger partial charge in [0.1, 0.15) is 5.82 Å². The molecule has 1 atom stereocenters. The fourth-order valence-electron chi connectivity index (χ4n) is 3.08. The lowest BCUT2D eigenvalue weighted by Crippen LogP contribution is -2.40. The summed E-state index contributed by atoms with van der Waals surface area (Å²) in [5, 5.41) is 2.95. The summed E-state index contributed by atoms with van der Waals surface area (Å²) in [6.07, 6.45) is 1.69.